The largest absolute Gasteiger partial charge is 0.508 e. The Morgan fingerprint density at radius 2 is 1.67 bits per heavy atom. The van der Waals surface area contributed by atoms with Crippen LogP contribution in [-0.2, 0) is 13.0 Å². The number of para-hydroxylation sites is 1. The minimum absolute atomic E-state index is 0.0391. The summed E-state index contributed by atoms with van der Waals surface area (Å²) in [6.45, 7) is 12.8. The summed E-state index contributed by atoms with van der Waals surface area (Å²) in [6, 6.07) is 23.2. The van der Waals surface area contributed by atoms with Crippen LogP contribution in [0, 0.1) is 5.41 Å². The van der Waals surface area contributed by atoms with Crippen LogP contribution in [0.1, 0.15) is 68.7 Å². The molecule has 206 valence electrons. The van der Waals surface area contributed by atoms with Crippen molar-refractivity contribution in [1.29, 1.82) is 0 Å². The van der Waals surface area contributed by atoms with Gasteiger partial charge in [-0.1, -0.05) is 69.2 Å². The molecule has 0 atom stereocenters. The molecule has 0 amide bonds. The lowest BCUT2D eigenvalue weighted by Gasteiger charge is -2.36. The van der Waals surface area contributed by atoms with E-state index in [1.54, 1.807) is 6.07 Å². The number of ether oxygens (including phenoxy) is 1. The Morgan fingerprint density at radius 3 is 2.41 bits per heavy atom. The molecule has 0 unspecified atom stereocenters. The normalized spacial score (nSPS) is 17.2. The van der Waals surface area contributed by atoms with Gasteiger partial charge in [-0.25, -0.2) is 0 Å². The third kappa shape index (κ3) is 6.67. The van der Waals surface area contributed by atoms with E-state index in [0.717, 1.165) is 38.4 Å². The first-order valence-electron chi connectivity index (χ1n) is 14.8. The fourth-order valence-electron chi connectivity index (χ4n) is 6.16. The molecule has 0 bridgehead atoms. The van der Waals surface area contributed by atoms with Gasteiger partial charge in [-0.15, -0.1) is 0 Å². The van der Waals surface area contributed by atoms with Crippen LogP contribution in [0.25, 0.3) is 11.6 Å². The van der Waals surface area contributed by atoms with Crippen molar-refractivity contribution in [2.75, 3.05) is 37.7 Å². The number of aromatic hydroxyl groups is 1. The van der Waals surface area contributed by atoms with E-state index in [4.69, 9.17) is 4.74 Å². The summed E-state index contributed by atoms with van der Waals surface area (Å²) in [5.74, 6) is 1.30. The molecular weight excluding hydrogens is 480 g/mol. The fraction of sp³-hybridized carbons (Fsp3) is 0.429. The van der Waals surface area contributed by atoms with E-state index in [-0.39, 0.29) is 5.41 Å². The molecular formula is C35H44N2O2. The number of phenolic OH excluding ortho intramolecular Hbond substituents is 1. The molecule has 4 heteroatoms. The van der Waals surface area contributed by atoms with Crippen molar-refractivity contribution < 1.29 is 9.84 Å². The number of allylic oxidation sites excluding steroid dienone is 1. The van der Waals surface area contributed by atoms with Crippen molar-refractivity contribution >= 4 is 17.3 Å². The molecule has 4 nitrogen and oxygen atoms in total. The van der Waals surface area contributed by atoms with Crippen LogP contribution in [0.3, 0.4) is 0 Å². The maximum absolute atomic E-state index is 10.0. The first kappa shape index (κ1) is 27.3. The molecule has 1 saturated heterocycles. The second-order valence-electron chi connectivity index (χ2n) is 11.8. The van der Waals surface area contributed by atoms with Gasteiger partial charge in [0.1, 0.15) is 18.1 Å². The monoisotopic (exact) mass is 524 g/mol. The smallest absolute Gasteiger partial charge is 0.119 e. The maximum Gasteiger partial charge on any atom is 0.119 e. The predicted molar refractivity (Wildman–Crippen MR) is 163 cm³/mol. The Bertz CT molecular complexity index is 1270. The lowest BCUT2D eigenvalue weighted by Crippen LogP contribution is -2.29. The van der Waals surface area contributed by atoms with E-state index >= 15 is 0 Å². The standard InChI is InChI=1S/C35H44N2O2/c1-4-37(26-27-13-17-31(18-14-27)39-22-21-36-19-9-5-6-10-20-36)34-12-8-7-11-32(34)33-24-28-15-16-30(38)23-29(28)25-35(33,2)3/h7-8,11-18,23-24,38H,4-6,9-10,19-22,25-26H2,1-3H3. The van der Waals surface area contributed by atoms with Crippen LogP contribution in [0.15, 0.2) is 66.7 Å². The van der Waals surface area contributed by atoms with Crippen molar-refractivity contribution in [1.82, 2.24) is 4.90 Å². The summed E-state index contributed by atoms with van der Waals surface area (Å²) < 4.78 is 6.10. The molecule has 3 aromatic rings. The van der Waals surface area contributed by atoms with Gasteiger partial charge in [0, 0.05) is 30.9 Å². The number of fused-ring (bicyclic) bond motifs is 1. The summed E-state index contributed by atoms with van der Waals surface area (Å²) in [7, 11) is 0. The van der Waals surface area contributed by atoms with Crippen LogP contribution in [0.4, 0.5) is 5.69 Å². The number of nitrogens with zero attached hydrogens (tertiary/aromatic N) is 2. The minimum atomic E-state index is -0.0391. The molecule has 1 aliphatic carbocycles. The zero-order valence-electron chi connectivity index (χ0n) is 24.0. The molecule has 5 rings (SSSR count). The number of hydrogen-bond donors (Lipinski definition) is 1. The highest BCUT2D eigenvalue weighted by Crippen LogP contribution is 2.46. The second kappa shape index (κ2) is 12.3. The van der Waals surface area contributed by atoms with E-state index in [9.17, 15) is 5.11 Å². The Labute approximate surface area is 234 Å². The molecule has 0 radical (unpaired) electrons. The Hall–Kier alpha value is -3.24. The zero-order valence-corrected chi connectivity index (χ0v) is 24.0. The van der Waals surface area contributed by atoms with Crippen LogP contribution >= 0.6 is 0 Å². The van der Waals surface area contributed by atoms with Gasteiger partial charge in [-0.05, 0) is 97.3 Å². The molecule has 1 fully saturated rings. The molecule has 39 heavy (non-hydrogen) atoms. The van der Waals surface area contributed by atoms with Gasteiger partial charge in [0.2, 0.25) is 0 Å². The molecule has 1 N–H and O–H groups in total. The number of likely N-dealkylation sites (tertiary alicyclic amines) is 1. The quantitative estimate of drug-likeness (QED) is 0.310. The minimum Gasteiger partial charge on any atom is -0.508 e. The molecule has 1 aliphatic heterocycles. The molecule has 1 heterocycles. The number of anilines is 1. The van der Waals surface area contributed by atoms with Crippen LogP contribution in [0.5, 0.6) is 11.5 Å². The van der Waals surface area contributed by atoms with Gasteiger partial charge in [0.25, 0.3) is 0 Å². The van der Waals surface area contributed by atoms with E-state index < -0.39 is 0 Å². The van der Waals surface area contributed by atoms with E-state index in [2.05, 4.69) is 85.2 Å². The number of hydrogen-bond acceptors (Lipinski definition) is 4. The first-order valence-corrected chi connectivity index (χ1v) is 14.8. The molecule has 3 aromatic carbocycles. The summed E-state index contributed by atoms with van der Waals surface area (Å²) in [5, 5.41) is 10.0. The maximum atomic E-state index is 10.0. The van der Waals surface area contributed by atoms with E-state index in [1.165, 1.54) is 72.3 Å². The lowest BCUT2D eigenvalue weighted by molar-refractivity contribution is 0.214. The zero-order chi connectivity index (χ0) is 27.2. The van der Waals surface area contributed by atoms with Gasteiger partial charge in [-0.3, -0.25) is 4.90 Å². The van der Waals surface area contributed by atoms with E-state index in [1.807, 2.05) is 12.1 Å². The summed E-state index contributed by atoms with van der Waals surface area (Å²) in [5.41, 5.74) is 7.56. The Kier molecular flexibility index (Phi) is 8.62. The van der Waals surface area contributed by atoms with Crippen LogP contribution in [-0.4, -0.2) is 42.8 Å². The third-order valence-corrected chi connectivity index (χ3v) is 8.38. The van der Waals surface area contributed by atoms with Gasteiger partial charge in [0.05, 0.1) is 0 Å². The Morgan fingerprint density at radius 1 is 0.923 bits per heavy atom. The molecule has 0 saturated carbocycles. The number of benzene rings is 3. The third-order valence-electron chi connectivity index (χ3n) is 8.38. The van der Waals surface area contributed by atoms with Crippen LogP contribution < -0.4 is 9.64 Å². The highest BCUT2D eigenvalue weighted by molar-refractivity contribution is 5.92. The predicted octanol–water partition coefficient (Wildman–Crippen LogP) is 7.80. The topological polar surface area (TPSA) is 35.9 Å². The highest BCUT2D eigenvalue weighted by Gasteiger charge is 2.31. The average molecular weight is 525 g/mol. The van der Waals surface area contributed by atoms with E-state index in [0.29, 0.717) is 5.75 Å². The molecule has 0 aromatic heterocycles. The molecule has 2 aliphatic rings. The van der Waals surface area contributed by atoms with Gasteiger partial charge in [-0.2, -0.15) is 0 Å². The van der Waals surface area contributed by atoms with Gasteiger partial charge >= 0.3 is 0 Å². The molecule has 0 spiro atoms. The van der Waals surface area contributed by atoms with Gasteiger partial charge < -0.3 is 14.7 Å². The highest BCUT2D eigenvalue weighted by atomic mass is 16.5. The lowest BCUT2D eigenvalue weighted by atomic mass is 9.70. The first-order chi connectivity index (χ1) is 18.9. The van der Waals surface area contributed by atoms with Crippen molar-refractivity contribution in [2.24, 2.45) is 5.41 Å². The van der Waals surface area contributed by atoms with Crippen molar-refractivity contribution in [2.45, 2.75) is 59.4 Å². The van der Waals surface area contributed by atoms with Crippen molar-refractivity contribution in [3.05, 3.63) is 89.0 Å². The SMILES string of the molecule is CCN(Cc1ccc(OCCN2CCCCCC2)cc1)c1ccccc1C1=Cc2ccc(O)cc2CC1(C)C. The number of rotatable bonds is 9. The van der Waals surface area contributed by atoms with Crippen LogP contribution in [0.2, 0.25) is 0 Å². The number of phenols is 1. The van der Waals surface area contributed by atoms with Gasteiger partial charge in [0.15, 0.2) is 0 Å². The summed E-state index contributed by atoms with van der Waals surface area (Å²) >= 11 is 0. The average Bonchev–Trinajstić information content (AvgIpc) is 3.21. The Balaban J connectivity index is 1.29. The summed E-state index contributed by atoms with van der Waals surface area (Å²) in [4.78, 5) is 5.01. The van der Waals surface area contributed by atoms with Crippen molar-refractivity contribution in [3.8, 4) is 11.5 Å². The second-order valence-corrected chi connectivity index (χ2v) is 11.8. The summed E-state index contributed by atoms with van der Waals surface area (Å²) in [6.07, 6.45) is 8.60. The fourth-order valence-corrected chi connectivity index (χ4v) is 6.16. The van der Waals surface area contributed by atoms with Crippen molar-refractivity contribution in [3.63, 3.8) is 0 Å².